The molecule has 6 nitrogen and oxygen atoms in total. The van der Waals surface area contributed by atoms with Gasteiger partial charge in [-0.3, -0.25) is 0 Å². The Labute approximate surface area is 229 Å². The molecule has 0 saturated carbocycles. The number of cyclic esters (lactones) is 1. The topological polar surface area (TPSA) is 96.2 Å². The van der Waals surface area contributed by atoms with Crippen molar-refractivity contribution in [2.75, 3.05) is 0 Å². The van der Waals surface area contributed by atoms with Gasteiger partial charge in [-0.15, -0.1) is 0 Å². The van der Waals surface area contributed by atoms with Gasteiger partial charge in [0.15, 0.2) is 5.79 Å². The lowest BCUT2D eigenvalue weighted by molar-refractivity contribution is -0.306. The molecule has 2 heterocycles. The zero-order valence-electron chi connectivity index (χ0n) is 24.3. The van der Waals surface area contributed by atoms with Gasteiger partial charge in [-0.2, -0.15) is 0 Å². The first-order chi connectivity index (χ1) is 17.8. The molecular weight excluding hydrogens is 480 g/mol. The standard InChI is InChI=1S/C32H50O6/c1-21-19-23(3)27(33)16-11-9-8-10-12-17-28(37-31(35)24(4)20-21)22(2)15-13-14-18-29-25(5)30(34)26(6)32(7,36)38-29/h10-14,16,19-20,22-23,25-30,33-34,36H,8-9,15,17-18H2,1-7H3. The SMILES string of the molecule is CC1=CC(C)C(O)C=CCCC=CCC(C(C)CC=CCC2OC(C)(O)C(C)C(O)C2C)OC(=O)C(C)=C1. The molecule has 0 aromatic heterocycles. The van der Waals surface area contributed by atoms with Gasteiger partial charge in [0, 0.05) is 29.7 Å². The number of rotatable bonds is 5. The first kappa shape index (κ1) is 32.2. The van der Waals surface area contributed by atoms with Crippen molar-refractivity contribution in [2.24, 2.45) is 23.7 Å². The molecule has 1 saturated heterocycles. The van der Waals surface area contributed by atoms with E-state index in [-0.39, 0.29) is 41.8 Å². The Hall–Kier alpha value is -1.99. The van der Waals surface area contributed by atoms with Crippen molar-refractivity contribution >= 4 is 5.97 Å². The van der Waals surface area contributed by atoms with Crippen LogP contribution in [0, 0.1) is 23.7 Å². The maximum atomic E-state index is 12.9. The predicted octanol–water partition coefficient (Wildman–Crippen LogP) is 5.80. The Morgan fingerprint density at radius 3 is 2.50 bits per heavy atom. The van der Waals surface area contributed by atoms with Crippen LogP contribution < -0.4 is 0 Å². The minimum Gasteiger partial charge on any atom is -0.458 e. The van der Waals surface area contributed by atoms with E-state index < -0.39 is 18.0 Å². The van der Waals surface area contributed by atoms with Crippen LogP contribution in [-0.2, 0) is 14.3 Å². The fraction of sp³-hybridized carbons (Fsp3) is 0.656. The average molecular weight is 531 g/mol. The Morgan fingerprint density at radius 2 is 1.79 bits per heavy atom. The number of ether oxygens (including phenoxy) is 2. The van der Waals surface area contributed by atoms with E-state index in [0.717, 1.165) is 24.8 Å². The Balaban J connectivity index is 2.07. The van der Waals surface area contributed by atoms with Crippen molar-refractivity contribution in [3.63, 3.8) is 0 Å². The van der Waals surface area contributed by atoms with Crippen LogP contribution in [-0.4, -0.2) is 51.5 Å². The van der Waals surface area contributed by atoms with Crippen molar-refractivity contribution < 1.29 is 29.6 Å². The molecule has 214 valence electrons. The largest absolute Gasteiger partial charge is 0.458 e. The molecule has 2 aliphatic rings. The highest BCUT2D eigenvalue weighted by atomic mass is 16.6. The van der Waals surface area contributed by atoms with Crippen LogP contribution >= 0.6 is 0 Å². The van der Waals surface area contributed by atoms with E-state index >= 15 is 0 Å². The van der Waals surface area contributed by atoms with Crippen LogP contribution in [0.2, 0.25) is 0 Å². The Morgan fingerprint density at radius 1 is 1.11 bits per heavy atom. The lowest BCUT2D eigenvalue weighted by atomic mass is 9.80. The molecule has 3 N–H and O–H groups in total. The maximum Gasteiger partial charge on any atom is 0.334 e. The maximum absolute atomic E-state index is 12.9. The second kappa shape index (κ2) is 15.0. The highest BCUT2D eigenvalue weighted by Crippen LogP contribution is 2.37. The van der Waals surface area contributed by atoms with E-state index in [0.29, 0.717) is 18.4 Å². The van der Waals surface area contributed by atoms with Gasteiger partial charge in [0.1, 0.15) is 6.10 Å². The van der Waals surface area contributed by atoms with E-state index in [9.17, 15) is 20.1 Å². The Kier molecular flexibility index (Phi) is 12.7. The number of aliphatic hydroxyl groups is 3. The van der Waals surface area contributed by atoms with Crippen molar-refractivity contribution in [2.45, 2.75) is 111 Å². The third-order valence-corrected chi connectivity index (χ3v) is 8.01. The summed E-state index contributed by atoms with van der Waals surface area (Å²) >= 11 is 0. The second-order valence-electron chi connectivity index (χ2n) is 11.5. The summed E-state index contributed by atoms with van der Waals surface area (Å²) in [5, 5.41) is 31.4. The normalized spacial score (nSPS) is 37.0. The van der Waals surface area contributed by atoms with E-state index in [1.165, 1.54) is 0 Å². The van der Waals surface area contributed by atoms with Gasteiger partial charge in [-0.05, 0) is 58.4 Å². The molecule has 0 spiro atoms. The lowest BCUT2D eigenvalue weighted by Gasteiger charge is -2.46. The molecule has 0 aromatic carbocycles. The van der Waals surface area contributed by atoms with E-state index in [1.807, 2.05) is 51.2 Å². The van der Waals surface area contributed by atoms with Gasteiger partial charge in [-0.1, -0.05) is 75.8 Å². The van der Waals surface area contributed by atoms with Crippen molar-refractivity contribution in [1.29, 1.82) is 0 Å². The minimum absolute atomic E-state index is 0.0610. The molecule has 0 aliphatic carbocycles. The van der Waals surface area contributed by atoms with E-state index in [1.54, 1.807) is 20.8 Å². The number of aliphatic hydroxyl groups excluding tert-OH is 2. The number of carbonyl (C=O) groups excluding carboxylic acids is 1. The van der Waals surface area contributed by atoms with Gasteiger partial charge in [0.25, 0.3) is 0 Å². The first-order valence-corrected chi connectivity index (χ1v) is 14.1. The van der Waals surface area contributed by atoms with E-state index in [4.69, 9.17) is 9.47 Å². The molecule has 2 aliphatic heterocycles. The van der Waals surface area contributed by atoms with Crippen molar-refractivity contribution in [1.82, 2.24) is 0 Å². The quantitative estimate of drug-likeness (QED) is 0.307. The summed E-state index contributed by atoms with van der Waals surface area (Å²) in [5.74, 6) is -2.09. The van der Waals surface area contributed by atoms with Gasteiger partial charge < -0.3 is 24.8 Å². The summed E-state index contributed by atoms with van der Waals surface area (Å²) in [4.78, 5) is 12.9. The van der Waals surface area contributed by atoms with Gasteiger partial charge in [-0.25, -0.2) is 4.79 Å². The van der Waals surface area contributed by atoms with Crippen LogP contribution in [0.3, 0.4) is 0 Å². The van der Waals surface area contributed by atoms with Crippen LogP contribution in [0.5, 0.6) is 0 Å². The fourth-order valence-corrected chi connectivity index (χ4v) is 5.01. The molecule has 6 heteroatoms. The van der Waals surface area contributed by atoms with Gasteiger partial charge in [0.05, 0.1) is 18.3 Å². The molecule has 0 radical (unpaired) electrons. The fourth-order valence-electron chi connectivity index (χ4n) is 5.01. The molecule has 0 bridgehead atoms. The van der Waals surface area contributed by atoms with Gasteiger partial charge in [0.2, 0.25) is 0 Å². The zero-order chi connectivity index (χ0) is 28.5. The highest BCUT2D eigenvalue weighted by molar-refractivity contribution is 5.88. The van der Waals surface area contributed by atoms with Crippen LogP contribution in [0.1, 0.15) is 80.6 Å². The summed E-state index contributed by atoms with van der Waals surface area (Å²) in [6.07, 6.45) is 17.8. The highest BCUT2D eigenvalue weighted by Gasteiger charge is 2.46. The monoisotopic (exact) mass is 530 g/mol. The zero-order valence-corrected chi connectivity index (χ0v) is 24.3. The van der Waals surface area contributed by atoms with Crippen LogP contribution in [0.4, 0.5) is 0 Å². The summed E-state index contributed by atoms with van der Waals surface area (Å²) in [6.45, 7) is 13.1. The molecule has 0 amide bonds. The molecule has 9 unspecified atom stereocenters. The molecule has 2 rings (SSSR count). The molecule has 38 heavy (non-hydrogen) atoms. The molecular formula is C32H50O6. The number of hydrogen-bond acceptors (Lipinski definition) is 6. The number of allylic oxidation sites excluding steroid dienone is 5. The number of hydrogen-bond donors (Lipinski definition) is 3. The smallest absolute Gasteiger partial charge is 0.334 e. The number of esters is 1. The van der Waals surface area contributed by atoms with Crippen LogP contribution in [0.15, 0.2) is 59.8 Å². The third-order valence-electron chi connectivity index (χ3n) is 8.01. The van der Waals surface area contributed by atoms with Crippen molar-refractivity contribution in [3.8, 4) is 0 Å². The van der Waals surface area contributed by atoms with E-state index in [2.05, 4.69) is 25.2 Å². The first-order valence-electron chi connectivity index (χ1n) is 14.1. The predicted molar refractivity (Wildman–Crippen MR) is 152 cm³/mol. The Bertz CT molecular complexity index is 911. The summed E-state index contributed by atoms with van der Waals surface area (Å²) in [6, 6.07) is 0. The molecule has 0 aromatic rings. The summed E-state index contributed by atoms with van der Waals surface area (Å²) in [7, 11) is 0. The van der Waals surface area contributed by atoms with Gasteiger partial charge >= 0.3 is 5.97 Å². The minimum atomic E-state index is -1.35. The lowest BCUT2D eigenvalue weighted by Crippen LogP contribution is -2.55. The average Bonchev–Trinajstić information content (AvgIpc) is 2.85. The summed E-state index contributed by atoms with van der Waals surface area (Å²) < 4.78 is 11.9. The third kappa shape index (κ3) is 9.64. The van der Waals surface area contributed by atoms with Crippen molar-refractivity contribution in [3.05, 3.63) is 59.8 Å². The summed E-state index contributed by atoms with van der Waals surface area (Å²) in [5.41, 5.74) is 1.44. The molecule has 9 atom stereocenters. The number of carbonyl (C=O) groups is 1. The second-order valence-corrected chi connectivity index (χ2v) is 11.5. The molecule has 1 fully saturated rings. The van der Waals surface area contributed by atoms with Crippen LogP contribution in [0.25, 0.3) is 0 Å².